The Hall–Kier alpha value is -3.04. The van der Waals surface area contributed by atoms with Gasteiger partial charge in [0.05, 0.1) is 25.1 Å². The third-order valence-electron chi connectivity index (χ3n) is 4.69. The van der Waals surface area contributed by atoms with E-state index < -0.39 is 23.8 Å². The largest absolute Gasteiger partial charge is 0.493 e. The van der Waals surface area contributed by atoms with Gasteiger partial charge in [-0.15, -0.1) is 0 Å². The Balaban J connectivity index is 2.12. The standard InChI is InChI=1S/C24H27ClF3N3O3/c1-16(25)14-30-23(17-8-10-19(11-9-17)24(26,27)28)31-15-18-5-2-3-7-21(18)34-12-4-6-20(29)13-22(32)33/h2-3,5,7-11,14,20H,4,6,12-13,15,29H2,1H3,(H,30,31)(H,32,33)/b16-14+/t20-/m1/s1. The van der Waals surface area contributed by atoms with Crippen LogP contribution >= 0.6 is 11.6 Å². The number of hydrogen-bond acceptors (Lipinski definition) is 4. The molecule has 0 fully saturated rings. The van der Waals surface area contributed by atoms with E-state index in [-0.39, 0.29) is 13.0 Å². The number of amidine groups is 1. The lowest BCUT2D eigenvalue weighted by atomic mass is 10.1. The molecule has 2 aromatic rings. The second-order valence-electron chi connectivity index (χ2n) is 7.57. The monoisotopic (exact) mass is 497 g/mol. The van der Waals surface area contributed by atoms with Crippen molar-refractivity contribution < 1.29 is 27.8 Å². The Morgan fingerprint density at radius 2 is 1.91 bits per heavy atom. The van der Waals surface area contributed by atoms with Crippen molar-refractivity contribution >= 4 is 23.4 Å². The van der Waals surface area contributed by atoms with Crippen LogP contribution in [0.4, 0.5) is 13.2 Å². The summed E-state index contributed by atoms with van der Waals surface area (Å²) in [7, 11) is 0. The molecular weight excluding hydrogens is 471 g/mol. The van der Waals surface area contributed by atoms with Gasteiger partial charge in [-0.2, -0.15) is 13.2 Å². The van der Waals surface area contributed by atoms with Crippen molar-refractivity contribution in [2.45, 2.75) is 44.9 Å². The zero-order chi connectivity index (χ0) is 25.1. The maximum absolute atomic E-state index is 12.9. The highest BCUT2D eigenvalue weighted by atomic mass is 35.5. The number of nitrogens with two attached hydrogens (primary N) is 1. The summed E-state index contributed by atoms with van der Waals surface area (Å²) in [6.07, 6.45) is -1.92. The van der Waals surface area contributed by atoms with Gasteiger partial charge in [0.15, 0.2) is 0 Å². The highest BCUT2D eigenvalue weighted by Crippen LogP contribution is 2.29. The van der Waals surface area contributed by atoms with Crippen molar-refractivity contribution in [3.8, 4) is 5.75 Å². The van der Waals surface area contributed by atoms with E-state index in [1.54, 1.807) is 13.0 Å². The minimum atomic E-state index is -4.43. The first-order valence-corrected chi connectivity index (χ1v) is 10.9. The first kappa shape index (κ1) is 27.2. The Morgan fingerprint density at radius 3 is 2.53 bits per heavy atom. The fraction of sp³-hybridized carbons (Fsp3) is 0.333. The number of carboxylic acid groups (broad SMARTS) is 1. The van der Waals surface area contributed by atoms with E-state index in [2.05, 4.69) is 10.3 Å². The fourth-order valence-electron chi connectivity index (χ4n) is 3.00. The van der Waals surface area contributed by atoms with Crippen LogP contribution in [-0.4, -0.2) is 29.6 Å². The predicted molar refractivity (Wildman–Crippen MR) is 126 cm³/mol. The third kappa shape index (κ3) is 9.44. The van der Waals surface area contributed by atoms with Crippen LogP contribution in [0.25, 0.3) is 0 Å². The Kier molecular flexibility index (Phi) is 10.4. The summed E-state index contributed by atoms with van der Waals surface area (Å²) in [6, 6.07) is 11.5. The smallest absolute Gasteiger partial charge is 0.416 e. The van der Waals surface area contributed by atoms with Crippen LogP contribution in [0, 0.1) is 0 Å². The Bertz CT molecular complexity index is 1000. The number of benzene rings is 2. The number of carbonyl (C=O) groups is 1. The minimum Gasteiger partial charge on any atom is -0.493 e. The molecule has 0 bridgehead atoms. The van der Waals surface area contributed by atoms with E-state index in [1.807, 2.05) is 18.2 Å². The van der Waals surface area contributed by atoms with Gasteiger partial charge in [0, 0.05) is 28.4 Å². The molecule has 6 nitrogen and oxygen atoms in total. The summed E-state index contributed by atoms with van der Waals surface area (Å²) in [4.78, 5) is 15.2. The number of allylic oxidation sites excluding steroid dienone is 1. The fourth-order valence-corrected chi connectivity index (χ4v) is 3.05. The van der Waals surface area contributed by atoms with Crippen molar-refractivity contribution in [2.75, 3.05) is 6.61 Å². The minimum absolute atomic E-state index is 0.0960. The van der Waals surface area contributed by atoms with Crippen molar-refractivity contribution in [1.29, 1.82) is 0 Å². The van der Waals surface area contributed by atoms with Gasteiger partial charge in [-0.1, -0.05) is 41.9 Å². The average molecular weight is 498 g/mol. The molecule has 4 N–H and O–H groups in total. The second-order valence-corrected chi connectivity index (χ2v) is 8.17. The number of para-hydroxylation sites is 1. The van der Waals surface area contributed by atoms with E-state index in [0.29, 0.717) is 41.6 Å². The maximum atomic E-state index is 12.9. The van der Waals surface area contributed by atoms with E-state index in [1.165, 1.54) is 18.3 Å². The van der Waals surface area contributed by atoms with Crippen LogP contribution in [0.1, 0.15) is 42.9 Å². The van der Waals surface area contributed by atoms with Crippen LogP contribution in [0.5, 0.6) is 5.75 Å². The summed E-state index contributed by atoms with van der Waals surface area (Å²) in [6.45, 7) is 2.21. The topological polar surface area (TPSA) is 96.9 Å². The number of nitrogens with one attached hydrogen (secondary N) is 1. The molecule has 10 heteroatoms. The predicted octanol–water partition coefficient (Wildman–Crippen LogP) is 5.30. The van der Waals surface area contributed by atoms with Crippen LogP contribution < -0.4 is 15.8 Å². The molecule has 0 aliphatic rings. The molecule has 0 saturated carbocycles. The van der Waals surface area contributed by atoms with Gasteiger partial charge in [-0.25, -0.2) is 0 Å². The van der Waals surface area contributed by atoms with E-state index in [0.717, 1.165) is 17.7 Å². The van der Waals surface area contributed by atoms with Crippen molar-refractivity contribution in [3.63, 3.8) is 0 Å². The number of hydrogen-bond donors (Lipinski definition) is 3. The molecule has 0 amide bonds. The molecule has 0 aliphatic carbocycles. The number of aliphatic imine (C=N–C) groups is 1. The number of carboxylic acids is 1. The van der Waals surface area contributed by atoms with Crippen LogP contribution in [0.15, 0.2) is 64.8 Å². The summed E-state index contributed by atoms with van der Waals surface area (Å²) in [5.74, 6) is 0.0188. The maximum Gasteiger partial charge on any atom is 0.416 e. The molecule has 184 valence electrons. The highest BCUT2D eigenvalue weighted by molar-refractivity contribution is 6.29. The number of aliphatic carboxylic acids is 1. The van der Waals surface area contributed by atoms with Gasteiger partial charge in [0.2, 0.25) is 0 Å². The number of rotatable bonds is 11. The lowest BCUT2D eigenvalue weighted by Crippen LogP contribution is -2.24. The van der Waals surface area contributed by atoms with E-state index >= 15 is 0 Å². The summed E-state index contributed by atoms with van der Waals surface area (Å²) >= 11 is 5.89. The molecule has 0 aliphatic heterocycles. The Morgan fingerprint density at radius 1 is 1.24 bits per heavy atom. The molecule has 0 aromatic heterocycles. The Labute approximate surface area is 201 Å². The number of alkyl halides is 3. The van der Waals surface area contributed by atoms with Crippen LogP contribution in [0.3, 0.4) is 0 Å². The highest BCUT2D eigenvalue weighted by Gasteiger charge is 2.30. The van der Waals surface area contributed by atoms with Crippen LogP contribution in [-0.2, 0) is 17.5 Å². The zero-order valence-corrected chi connectivity index (χ0v) is 19.4. The molecule has 2 aromatic carbocycles. The van der Waals surface area contributed by atoms with Gasteiger partial charge in [-0.05, 0) is 38.0 Å². The molecule has 0 radical (unpaired) electrons. The molecule has 2 rings (SSSR count). The molecule has 1 atom stereocenters. The molecule has 34 heavy (non-hydrogen) atoms. The zero-order valence-electron chi connectivity index (χ0n) is 18.6. The van der Waals surface area contributed by atoms with E-state index in [9.17, 15) is 18.0 Å². The lowest BCUT2D eigenvalue weighted by Gasteiger charge is -2.13. The first-order valence-electron chi connectivity index (χ1n) is 10.5. The second kappa shape index (κ2) is 13.0. The normalized spacial score (nSPS) is 13.5. The van der Waals surface area contributed by atoms with Crippen molar-refractivity contribution in [2.24, 2.45) is 10.7 Å². The number of halogens is 4. The molecule has 0 heterocycles. The SMILES string of the molecule is C/C(Cl)=C\NC(=NCc1ccccc1OCCC[C@@H](N)CC(=O)O)c1ccc(C(F)(F)F)cc1. The summed E-state index contributed by atoms with van der Waals surface area (Å²) < 4.78 is 44.5. The quantitative estimate of drug-likeness (QED) is 0.222. The molecule has 0 unspecified atom stereocenters. The average Bonchev–Trinajstić information content (AvgIpc) is 2.76. The summed E-state index contributed by atoms with van der Waals surface area (Å²) in [5.41, 5.74) is 6.26. The van der Waals surface area contributed by atoms with Gasteiger partial charge in [0.1, 0.15) is 11.6 Å². The van der Waals surface area contributed by atoms with Gasteiger partial charge >= 0.3 is 12.1 Å². The third-order valence-corrected chi connectivity index (χ3v) is 4.80. The number of ether oxygens (including phenoxy) is 1. The van der Waals surface area contributed by atoms with Crippen LogP contribution in [0.2, 0.25) is 0 Å². The van der Waals surface area contributed by atoms with Gasteiger partial charge < -0.3 is 20.9 Å². The van der Waals surface area contributed by atoms with Crippen molar-refractivity contribution in [3.05, 3.63) is 76.5 Å². The van der Waals surface area contributed by atoms with Gasteiger partial charge in [0.25, 0.3) is 0 Å². The summed E-state index contributed by atoms with van der Waals surface area (Å²) in [5, 5.41) is 12.2. The van der Waals surface area contributed by atoms with Crippen molar-refractivity contribution in [1.82, 2.24) is 5.32 Å². The van der Waals surface area contributed by atoms with Gasteiger partial charge in [-0.3, -0.25) is 9.79 Å². The lowest BCUT2D eigenvalue weighted by molar-refractivity contribution is -0.138. The van der Waals surface area contributed by atoms with E-state index in [4.69, 9.17) is 27.2 Å². The molecular formula is C24H27ClF3N3O3. The number of nitrogens with zero attached hydrogens (tertiary/aromatic N) is 1. The molecule has 0 saturated heterocycles. The molecule has 0 spiro atoms. The first-order chi connectivity index (χ1) is 16.1.